The van der Waals surface area contributed by atoms with Gasteiger partial charge in [-0.05, 0) is 32.4 Å². The molecule has 2 aliphatic rings. The Balaban J connectivity index is 2.05. The Morgan fingerprint density at radius 3 is 2.69 bits per heavy atom. The Hall–Kier alpha value is -0.170. The van der Waals surface area contributed by atoms with Gasteiger partial charge in [0.2, 0.25) is 10.0 Å². The zero-order valence-electron chi connectivity index (χ0n) is 9.64. The van der Waals surface area contributed by atoms with E-state index in [0.29, 0.717) is 19.1 Å². The summed E-state index contributed by atoms with van der Waals surface area (Å²) >= 11 is 0. The van der Waals surface area contributed by atoms with Gasteiger partial charge >= 0.3 is 0 Å². The van der Waals surface area contributed by atoms with E-state index in [4.69, 9.17) is 5.73 Å². The molecule has 0 aromatic carbocycles. The molecule has 0 aromatic rings. The number of sulfonamides is 1. The van der Waals surface area contributed by atoms with Gasteiger partial charge in [0.05, 0.1) is 5.75 Å². The molecule has 2 saturated heterocycles. The van der Waals surface area contributed by atoms with Crippen molar-refractivity contribution in [2.24, 2.45) is 5.73 Å². The average Bonchev–Trinajstić information content (AvgIpc) is 2.55. The molecule has 2 fully saturated rings. The van der Waals surface area contributed by atoms with Crippen molar-refractivity contribution in [1.29, 1.82) is 0 Å². The summed E-state index contributed by atoms with van der Waals surface area (Å²) in [6.07, 6.45) is 3.28. The number of hydrogen-bond donors (Lipinski definition) is 1. The van der Waals surface area contributed by atoms with E-state index in [1.165, 1.54) is 6.42 Å². The van der Waals surface area contributed by atoms with Gasteiger partial charge in [-0.25, -0.2) is 12.7 Å². The van der Waals surface area contributed by atoms with Gasteiger partial charge in [-0.3, -0.25) is 4.90 Å². The van der Waals surface area contributed by atoms with Crippen LogP contribution >= 0.6 is 0 Å². The summed E-state index contributed by atoms with van der Waals surface area (Å²) < 4.78 is 25.6. The molecule has 6 heteroatoms. The van der Waals surface area contributed by atoms with Gasteiger partial charge in [-0.1, -0.05) is 0 Å². The van der Waals surface area contributed by atoms with Crippen LogP contribution in [0.3, 0.4) is 0 Å². The van der Waals surface area contributed by atoms with Crippen molar-refractivity contribution in [3.05, 3.63) is 0 Å². The summed E-state index contributed by atoms with van der Waals surface area (Å²) in [4.78, 5) is 2.43. The molecule has 0 radical (unpaired) electrons. The monoisotopic (exact) mass is 247 g/mol. The minimum absolute atomic E-state index is 0.0831. The van der Waals surface area contributed by atoms with Crippen LogP contribution in [-0.2, 0) is 10.0 Å². The van der Waals surface area contributed by atoms with Crippen LogP contribution in [0.1, 0.15) is 19.3 Å². The van der Waals surface area contributed by atoms with Crippen LogP contribution in [0.4, 0.5) is 0 Å². The molecule has 5 nitrogen and oxygen atoms in total. The van der Waals surface area contributed by atoms with Gasteiger partial charge < -0.3 is 5.73 Å². The normalized spacial score (nSPS) is 28.9. The summed E-state index contributed by atoms with van der Waals surface area (Å²) in [7, 11) is -3.11. The molecular formula is C10H21N3O2S. The summed E-state index contributed by atoms with van der Waals surface area (Å²) in [5, 5.41) is 0. The van der Waals surface area contributed by atoms with Gasteiger partial charge in [0.15, 0.2) is 0 Å². The fraction of sp³-hybridized carbons (Fsp3) is 1.00. The molecule has 16 heavy (non-hydrogen) atoms. The lowest BCUT2D eigenvalue weighted by atomic mass is 10.2. The lowest BCUT2D eigenvalue weighted by molar-refractivity contribution is 0.257. The van der Waals surface area contributed by atoms with E-state index in [9.17, 15) is 8.42 Å². The molecule has 0 bridgehead atoms. The Morgan fingerprint density at radius 2 is 1.94 bits per heavy atom. The second-order valence-corrected chi connectivity index (χ2v) is 6.74. The topological polar surface area (TPSA) is 66.6 Å². The van der Waals surface area contributed by atoms with E-state index >= 15 is 0 Å². The lowest BCUT2D eigenvalue weighted by Gasteiger charge is -2.25. The van der Waals surface area contributed by atoms with Gasteiger partial charge in [0.25, 0.3) is 0 Å². The average molecular weight is 247 g/mol. The highest BCUT2D eigenvalue weighted by Crippen LogP contribution is 2.22. The van der Waals surface area contributed by atoms with Crippen molar-refractivity contribution in [3.63, 3.8) is 0 Å². The van der Waals surface area contributed by atoms with Gasteiger partial charge in [0.1, 0.15) is 0 Å². The Labute approximate surface area is 97.6 Å². The zero-order valence-corrected chi connectivity index (χ0v) is 10.5. The lowest BCUT2D eigenvalue weighted by Crippen LogP contribution is -2.41. The van der Waals surface area contributed by atoms with E-state index < -0.39 is 10.0 Å². The maximum atomic E-state index is 12.0. The standard InChI is InChI=1S/C10H21N3O2S/c11-4-8-16(14,15)13-7-2-6-12-5-1-3-10(12)9-13/h10H,1-9,11H2. The van der Waals surface area contributed by atoms with Crippen LogP contribution in [0.2, 0.25) is 0 Å². The highest BCUT2D eigenvalue weighted by atomic mass is 32.2. The van der Waals surface area contributed by atoms with Gasteiger partial charge in [0, 0.05) is 25.7 Å². The van der Waals surface area contributed by atoms with Crippen molar-refractivity contribution in [3.8, 4) is 0 Å². The number of nitrogens with zero attached hydrogens (tertiary/aromatic N) is 2. The second-order valence-electron chi connectivity index (χ2n) is 4.65. The summed E-state index contributed by atoms with van der Waals surface area (Å²) in [5.74, 6) is 0.0831. The highest BCUT2D eigenvalue weighted by Gasteiger charge is 2.32. The van der Waals surface area contributed by atoms with Crippen LogP contribution in [0.5, 0.6) is 0 Å². The molecule has 1 atom stereocenters. The van der Waals surface area contributed by atoms with E-state index in [2.05, 4.69) is 4.90 Å². The van der Waals surface area contributed by atoms with Crippen LogP contribution in [-0.4, -0.2) is 62.1 Å². The first-order valence-electron chi connectivity index (χ1n) is 6.05. The molecular weight excluding hydrogens is 226 g/mol. The van der Waals surface area contributed by atoms with Crippen LogP contribution in [0.15, 0.2) is 0 Å². The Morgan fingerprint density at radius 1 is 1.19 bits per heavy atom. The van der Waals surface area contributed by atoms with E-state index in [0.717, 1.165) is 25.9 Å². The van der Waals surface area contributed by atoms with Crippen LogP contribution < -0.4 is 5.73 Å². The van der Waals surface area contributed by atoms with E-state index in [-0.39, 0.29) is 12.3 Å². The maximum Gasteiger partial charge on any atom is 0.215 e. The molecule has 2 N–H and O–H groups in total. The minimum atomic E-state index is -3.11. The molecule has 94 valence electrons. The van der Waals surface area contributed by atoms with Crippen LogP contribution in [0, 0.1) is 0 Å². The molecule has 0 aromatic heterocycles. The first-order chi connectivity index (χ1) is 7.63. The van der Waals surface area contributed by atoms with Crippen molar-refractivity contribution in [1.82, 2.24) is 9.21 Å². The quantitative estimate of drug-likeness (QED) is 0.726. The fourth-order valence-electron chi connectivity index (χ4n) is 2.70. The van der Waals surface area contributed by atoms with Crippen molar-refractivity contribution in [2.75, 3.05) is 38.5 Å². The van der Waals surface area contributed by atoms with Crippen molar-refractivity contribution >= 4 is 10.0 Å². The highest BCUT2D eigenvalue weighted by molar-refractivity contribution is 7.89. The molecule has 0 aliphatic carbocycles. The maximum absolute atomic E-state index is 12.0. The number of hydrogen-bond acceptors (Lipinski definition) is 4. The molecule has 2 aliphatic heterocycles. The number of rotatable bonds is 3. The second kappa shape index (κ2) is 5.00. The molecule has 0 saturated carbocycles. The smallest absolute Gasteiger partial charge is 0.215 e. The third-order valence-corrected chi connectivity index (χ3v) is 5.41. The fourth-order valence-corrected chi connectivity index (χ4v) is 4.07. The Bertz CT molecular complexity index is 331. The Kier molecular flexibility index (Phi) is 3.84. The number of fused-ring (bicyclic) bond motifs is 1. The largest absolute Gasteiger partial charge is 0.329 e. The molecule has 2 heterocycles. The molecule has 0 spiro atoms. The summed E-state index contributed by atoms with van der Waals surface area (Å²) in [6, 6.07) is 0.440. The van der Waals surface area contributed by atoms with Gasteiger partial charge in [-0.2, -0.15) is 0 Å². The SMILES string of the molecule is NCCS(=O)(=O)N1CCCN2CCCC2C1. The van der Waals surface area contributed by atoms with E-state index in [1.807, 2.05) is 0 Å². The predicted octanol–water partition coefficient (Wildman–Crippen LogP) is -0.555. The van der Waals surface area contributed by atoms with Crippen LogP contribution in [0.25, 0.3) is 0 Å². The van der Waals surface area contributed by atoms with Crippen molar-refractivity contribution in [2.45, 2.75) is 25.3 Å². The molecule has 0 amide bonds. The minimum Gasteiger partial charge on any atom is -0.329 e. The first-order valence-corrected chi connectivity index (χ1v) is 7.66. The summed E-state index contributed by atoms with van der Waals surface area (Å²) in [6.45, 7) is 3.72. The molecule has 2 rings (SSSR count). The van der Waals surface area contributed by atoms with Crippen molar-refractivity contribution < 1.29 is 8.42 Å². The number of nitrogens with two attached hydrogens (primary N) is 1. The first kappa shape index (κ1) is 12.3. The van der Waals surface area contributed by atoms with E-state index in [1.54, 1.807) is 4.31 Å². The predicted molar refractivity (Wildman–Crippen MR) is 63.6 cm³/mol. The molecule has 1 unspecified atom stereocenters. The zero-order chi connectivity index (χ0) is 11.6. The third kappa shape index (κ3) is 2.56. The summed E-state index contributed by atoms with van der Waals surface area (Å²) in [5.41, 5.74) is 5.35. The van der Waals surface area contributed by atoms with Gasteiger partial charge in [-0.15, -0.1) is 0 Å². The third-order valence-electron chi connectivity index (χ3n) is 3.54.